The second-order valence-electron chi connectivity index (χ2n) is 3.00. The van der Waals surface area contributed by atoms with Crippen molar-refractivity contribution in [2.75, 3.05) is 6.67 Å². The lowest BCUT2D eigenvalue weighted by molar-refractivity contribution is -0.139. The number of nitrogens with two attached hydrogens (primary N) is 1. The minimum absolute atomic E-state index is 0.0428. The van der Waals surface area contributed by atoms with E-state index in [0.29, 0.717) is 0 Å². The summed E-state index contributed by atoms with van der Waals surface area (Å²) in [5.74, 6) is -1.85. The molecule has 0 fully saturated rings. The van der Waals surface area contributed by atoms with E-state index < -0.39 is 17.9 Å². The fraction of sp³-hybridized carbons (Fsp3) is 0.625. The lowest BCUT2D eigenvalue weighted by atomic mass is 10.3. The first-order valence-electron chi connectivity index (χ1n) is 4.45. The fourth-order valence-corrected chi connectivity index (χ4v) is 0.700. The van der Waals surface area contributed by atoms with Crippen LogP contribution in [0.4, 0.5) is 0 Å². The number of hydrogen-bond acceptors (Lipinski definition) is 4. The van der Waals surface area contributed by atoms with Crippen molar-refractivity contribution in [2.45, 2.75) is 25.8 Å². The van der Waals surface area contributed by atoms with Crippen molar-refractivity contribution in [1.29, 1.82) is 0 Å². The number of nitrogens with one attached hydrogen (secondary N) is 2. The van der Waals surface area contributed by atoms with Crippen molar-refractivity contribution in [2.24, 2.45) is 5.73 Å². The molecular formula is C8H15N3O4. The Morgan fingerprint density at radius 3 is 2.33 bits per heavy atom. The van der Waals surface area contributed by atoms with Crippen LogP contribution in [0.5, 0.6) is 0 Å². The van der Waals surface area contributed by atoms with Crippen LogP contribution in [0.1, 0.15) is 19.8 Å². The van der Waals surface area contributed by atoms with E-state index in [-0.39, 0.29) is 25.4 Å². The van der Waals surface area contributed by atoms with Gasteiger partial charge in [-0.25, -0.2) is 0 Å². The Bertz CT molecular complexity index is 252. The van der Waals surface area contributed by atoms with E-state index in [1.54, 1.807) is 0 Å². The Labute approximate surface area is 87.0 Å². The lowest BCUT2D eigenvalue weighted by Crippen LogP contribution is -2.44. The van der Waals surface area contributed by atoms with Gasteiger partial charge in [0.15, 0.2) is 0 Å². The third kappa shape index (κ3) is 7.44. The number of rotatable bonds is 6. The quantitative estimate of drug-likeness (QED) is 0.399. The second kappa shape index (κ2) is 6.77. The van der Waals surface area contributed by atoms with Crippen molar-refractivity contribution in [3.63, 3.8) is 0 Å². The summed E-state index contributed by atoms with van der Waals surface area (Å²) in [4.78, 5) is 32.0. The number of amides is 2. The summed E-state index contributed by atoms with van der Waals surface area (Å²) in [5.41, 5.74) is 5.25. The third-order valence-corrected chi connectivity index (χ3v) is 1.53. The maximum absolute atomic E-state index is 10.9. The molecule has 7 nitrogen and oxygen atoms in total. The molecular weight excluding hydrogens is 202 g/mol. The maximum Gasteiger partial charge on any atom is 0.303 e. The van der Waals surface area contributed by atoms with Crippen LogP contribution < -0.4 is 16.4 Å². The summed E-state index contributed by atoms with van der Waals surface area (Å²) in [6.45, 7) is 1.47. The summed E-state index contributed by atoms with van der Waals surface area (Å²) in [7, 11) is 0. The van der Waals surface area contributed by atoms with Crippen LogP contribution in [-0.4, -0.2) is 35.6 Å². The van der Waals surface area contributed by atoms with Crippen LogP contribution in [0.2, 0.25) is 0 Å². The van der Waals surface area contributed by atoms with Crippen LogP contribution in [0.3, 0.4) is 0 Å². The van der Waals surface area contributed by atoms with Gasteiger partial charge in [-0.3, -0.25) is 14.4 Å². The maximum atomic E-state index is 10.9. The second-order valence-corrected chi connectivity index (χ2v) is 3.00. The van der Waals surface area contributed by atoms with Gasteiger partial charge in [-0.05, 0) is 6.92 Å². The molecule has 0 aromatic heterocycles. The molecule has 0 aliphatic carbocycles. The van der Waals surface area contributed by atoms with Gasteiger partial charge in [0.2, 0.25) is 11.8 Å². The Hall–Kier alpha value is -1.63. The van der Waals surface area contributed by atoms with Crippen LogP contribution in [0.15, 0.2) is 0 Å². The zero-order chi connectivity index (χ0) is 11.8. The molecule has 7 heteroatoms. The number of aliphatic carboxylic acids is 1. The predicted molar refractivity (Wildman–Crippen MR) is 51.7 cm³/mol. The molecule has 0 radical (unpaired) electrons. The van der Waals surface area contributed by atoms with Crippen LogP contribution in [0.25, 0.3) is 0 Å². The monoisotopic (exact) mass is 217 g/mol. The van der Waals surface area contributed by atoms with Gasteiger partial charge in [0.05, 0.1) is 19.1 Å². The molecule has 0 spiro atoms. The van der Waals surface area contributed by atoms with E-state index in [1.165, 1.54) is 6.92 Å². The minimum atomic E-state index is -1.04. The molecule has 0 heterocycles. The molecule has 0 aliphatic heterocycles. The molecule has 0 bridgehead atoms. The Kier molecular flexibility index (Phi) is 6.03. The Balaban J connectivity index is 3.55. The molecule has 86 valence electrons. The standard InChI is InChI=1S/C8H15N3O4/c1-5(9)8(15)11-4-10-6(12)2-3-7(13)14/h5H,2-4,9H2,1H3,(H,10,12)(H,11,15)(H,13,14)/t5-/m0/s1. The van der Waals surface area contributed by atoms with Gasteiger partial charge in [-0.15, -0.1) is 0 Å². The average Bonchev–Trinajstić information content (AvgIpc) is 2.14. The Morgan fingerprint density at radius 1 is 1.27 bits per heavy atom. The molecule has 1 atom stereocenters. The topological polar surface area (TPSA) is 122 Å². The van der Waals surface area contributed by atoms with Crippen molar-refractivity contribution in [3.8, 4) is 0 Å². The van der Waals surface area contributed by atoms with Gasteiger partial charge in [0, 0.05) is 6.42 Å². The number of carbonyl (C=O) groups is 3. The number of carboxylic acid groups (broad SMARTS) is 1. The SMILES string of the molecule is C[C@H](N)C(=O)NCNC(=O)CCC(=O)O. The van der Waals surface area contributed by atoms with E-state index in [0.717, 1.165) is 0 Å². The molecule has 5 N–H and O–H groups in total. The predicted octanol–water partition coefficient (Wildman–Crippen LogP) is -1.61. The Morgan fingerprint density at radius 2 is 1.87 bits per heavy atom. The number of carboxylic acids is 1. The molecule has 15 heavy (non-hydrogen) atoms. The molecule has 0 aliphatic rings. The van der Waals surface area contributed by atoms with Crippen LogP contribution >= 0.6 is 0 Å². The summed E-state index contributed by atoms with van der Waals surface area (Å²) in [6, 6.07) is -0.638. The summed E-state index contributed by atoms with van der Waals surface area (Å²) in [5, 5.41) is 13.0. The highest BCUT2D eigenvalue weighted by atomic mass is 16.4. The number of hydrogen-bond donors (Lipinski definition) is 4. The third-order valence-electron chi connectivity index (χ3n) is 1.53. The normalized spacial score (nSPS) is 11.6. The molecule has 0 aromatic carbocycles. The molecule has 0 saturated heterocycles. The zero-order valence-corrected chi connectivity index (χ0v) is 8.45. The van der Waals surface area contributed by atoms with Crippen LogP contribution in [-0.2, 0) is 14.4 Å². The lowest BCUT2D eigenvalue weighted by Gasteiger charge is -2.08. The van der Waals surface area contributed by atoms with Gasteiger partial charge in [0.1, 0.15) is 0 Å². The fourth-order valence-electron chi connectivity index (χ4n) is 0.700. The van der Waals surface area contributed by atoms with Crippen molar-refractivity contribution in [1.82, 2.24) is 10.6 Å². The molecule has 0 rings (SSSR count). The largest absolute Gasteiger partial charge is 0.481 e. The van der Waals surface area contributed by atoms with E-state index in [2.05, 4.69) is 10.6 Å². The van der Waals surface area contributed by atoms with E-state index in [4.69, 9.17) is 10.8 Å². The zero-order valence-electron chi connectivity index (χ0n) is 8.45. The van der Waals surface area contributed by atoms with Gasteiger partial charge in [0.25, 0.3) is 0 Å². The summed E-state index contributed by atoms with van der Waals surface area (Å²) >= 11 is 0. The first-order chi connectivity index (χ1) is 6.93. The molecule has 2 amide bonds. The highest BCUT2D eigenvalue weighted by Crippen LogP contribution is 1.87. The highest BCUT2D eigenvalue weighted by Gasteiger charge is 2.07. The summed E-state index contributed by atoms with van der Waals surface area (Å²) < 4.78 is 0. The van der Waals surface area contributed by atoms with Gasteiger partial charge < -0.3 is 21.5 Å². The van der Waals surface area contributed by atoms with E-state index in [9.17, 15) is 14.4 Å². The van der Waals surface area contributed by atoms with Crippen molar-refractivity contribution >= 4 is 17.8 Å². The van der Waals surface area contributed by atoms with Gasteiger partial charge in [-0.1, -0.05) is 0 Å². The molecule has 0 saturated carbocycles. The van der Waals surface area contributed by atoms with E-state index >= 15 is 0 Å². The van der Waals surface area contributed by atoms with E-state index in [1.807, 2.05) is 0 Å². The van der Waals surface area contributed by atoms with Crippen LogP contribution in [0, 0.1) is 0 Å². The molecule has 0 unspecified atom stereocenters. The minimum Gasteiger partial charge on any atom is -0.481 e. The van der Waals surface area contributed by atoms with Gasteiger partial charge >= 0.3 is 5.97 Å². The average molecular weight is 217 g/mol. The summed E-state index contributed by atoms with van der Waals surface area (Å²) in [6.07, 6.45) is -0.337. The first kappa shape index (κ1) is 13.4. The number of carbonyl (C=O) groups excluding carboxylic acids is 2. The smallest absolute Gasteiger partial charge is 0.303 e. The first-order valence-corrected chi connectivity index (χ1v) is 4.45. The van der Waals surface area contributed by atoms with Crippen molar-refractivity contribution < 1.29 is 19.5 Å². The van der Waals surface area contributed by atoms with Crippen molar-refractivity contribution in [3.05, 3.63) is 0 Å². The molecule has 0 aromatic rings. The highest BCUT2D eigenvalue weighted by molar-refractivity contribution is 5.83. The van der Waals surface area contributed by atoms with Gasteiger partial charge in [-0.2, -0.15) is 0 Å².